The molecule has 1 saturated heterocycles. The number of hydrogen-bond acceptors (Lipinski definition) is 2. The van der Waals surface area contributed by atoms with Crippen LogP contribution in [0.1, 0.15) is 36.4 Å². The van der Waals surface area contributed by atoms with E-state index in [0.29, 0.717) is 12.1 Å². The summed E-state index contributed by atoms with van der Waals surface area (Å²) in [5, 5.41) is 1.06. The fourth-order valence-corrected chi connectivity index (χ4v) is 4.53. The van der Waals surface area contributed by atoms with Crippen molar-refractivity contribution in [2.75, 3.05) is 4.90 Å². The first-order valence-electron chi connectivity index (χ1n) is 8.70. The molecule has 0 bridgehead atoms. The lowest BCUT2D eigenvalue weighted by Crippen LogP contribution is -2.30. The minimum absolute atomic E-state index is 0.0658. The first-order chi connectivity index (χ1) is 12.2. The lowest BCUT2D eigenvalue weighted by molar-refractivity contribution is -0.122. The van der Waals surface area contributed by atoms with Crippen molar-refractivity contribution in [3.8, 4) is 0 Å². The highest BCUT2D eigenvalue weighted by Crippen LogP contribution is 2.50. The molecule has 3 atom stereocenters. The predicted molar refractivity (Wildman–Crippen MR) is 96.5 cm³/mol. The molecule has 2 amide bonds. The van der Waals surface area contributed by atoms with E-state index in [1.165, 1.54) is 4.90 Å². The minimum Gasteiger partial charge on any atom is -0.358 e. The quantitative estimate of drug-likeness (QED) is 0.687. The Balaban J connectivity index is 1.71. The Kier molecular flexibility index (Phi) is 2.93. The predicted octanol–water partition coefficient (Wildman–Crippen LogP) is 3.95. The molecule has 1 N–H and O–H groups in total. The van der Waals surface area contributed by atoms with Crippen molar-refractivity contribution >= 4 is 28.4 Å². The number of nitrogens with one attached hydrogen (secondary N) is 1. The average Bonchev–Trinajstić information content (AvgIpc) is 3.13. The largest absolute Gasteiger partial charge is 0.358 e. The summed E-state index contributed by atoms with van der Waals surface area (Å²) in [6, 6.07) is 17.3. The second-order valence-electron chi connectivity index (χ2n) is 7.07. The van der Waals surface area contributed by atoms with E-state index in [1.54, 1.807) is 0 Å². The minimum atomic E-state index is -0.380. The second kappa shape index (κ2) is 5.06. The fraction of sp³-hybridized carbons (Fsp3) is 0.238. The molecule has 124 valence electrons. The molecule has 4 nitrogen and oxygen atoms in total. The van der Waals surface area contributed by atoms with Gasteiger partial charge in [0.2, 0.25) is 11.8 Å². The summed E-state index contributed by atoms with van der Waals surface area (Å²) in [7, 11) is 0. The maximum Gasteiger partial charge on any atom is 0.242 e. The highest BCUT2D eigenvalue weighted by molar-refractivity contribution is 6.24. The zero-order chi connectivity index (χ0) is 17.1. The van der Waals surface area contributed by atoms with Gasteiger partial charge in [0, 0.05) is 16.6 Å². The van der Waals surface area contributed by atoms with Gasteiger partial charge in [-0.1, -0.05) is 43.3 Å². The highest BCUT2D eigenvalue weighted by Gasteiger charge is 2.53. The van der Waals surface area contributed by atoms with Crippen LogP contribution >= 0.6 is 0 Å². The van der Waals surface area contributed by atoms with E-state index < -0.39 is 0 Å². The van der Waals surface area contributed by atoms with E-state index in [9.17, 15) is 9.59 Å². The third kappa shape index (κ3) is 1.88. The normalized spacial score (nSPS) is 25.3. The number of rotatable bonds is 1. The molecule has 0 unspecified atom stereocenters. The maximum absolute atomic E-state index is 13.3. The lowest BCUT2D eigenvalue weighted by atomic mass is 9.74. The van der Waals surface area contributed by atoms with Crippen LogP contribution in [-0.2, 0) is 9.59 Å². The summed E-state index contributed by atoms with van der Waals surface area (Å²) in [6.45, 7) is 2.13. The van der Waals surface area contributed by atoms with Crippen LogP contribution in [0, 0.1) is 5.92 Å². The van der Waals surface area contributed by atoms with Crippen LogP contribution in [0.2, 0.25) is 0 Å². The van der Waals surface area contributed by atoms with Crippen LogP contribution < -0.4 is 4.90 Å². The third-order valence-corrected chi connectivity index (χ3v) is 5.63. The van der Waals surface area contributed by atoms with Crippen LogP contribution in [0.5, 0.6) is 0 Å². The Morgan fingerprint density at radius 1 is 0.960 bits per heavy atom. The van der Waals surface area contributed by atoms with Gasteiger partial charge in [-0.15, -0.1) is 0 Å². The van der Waals surface area contributed by atoms with Crippen molar-refractivity contribution < 1.29 is 9.59 Å². The molecule has 1 aliphatic carbocycles. The van der Waals surface area contributed by atoms with E-state index in [0.717, 1.165) is 22.2 Å². The molecule has 2 aromatic carbocycles. The zero-order valence-electron chi connectivity index (χ0n) is 13.9. The van der Waals surface area contributed by atoms with Crippen LogP contribution in [0.3, 0.4) is 0 Å². The van der Waals surface area contributed by atoms with Gasteiger partial charge < -0.3 is 4.98 Å². The molecular weight excluding hydrogens is 312 g/mol. The monoisotopic (exact) mass is 330 g/mol. The molecule has 25 heavy (non-hydrogen) atoms. The molecule has 1 aliphatic heterocycles. The Hall–Kier alpha value is -2.88. The second-order valence-corrected chi connectivity index (χ2v) is 7.07. The van der Waals surface area contributed by atoms with Gasteiger partial charge in [-0.25, -0.2) is 4.90 Å². The summed E-state index contributed by atoms with van der Waals surface area (Å²) in [5.74, 6) is -0.580. The smallest absolute Gasteiger partial charge is 0.242 e. The molecule has 3 aromatic rings. The van der Waals surface area contributed by atoms with Gasteiger partial charge in [-0.3, -0.25) is 9.59 Å². The van der Waals surface area contributed by atoms with Gasteiger partial charge in [0.15, 0.2) is 0 Å². The molecule has 2 heterocycles. The molecule has 0 radical (unpaired) electrons. The van der Waals surface area contributed by atoms with E-state index in [1.807, 2.05) is 54.6 Å². The van der Waals surface area contributed by atoms with Crippen molar-refractivity contribution in [2.24, 2.45) is 5.92 Å². The standard InChI is InChI=1S/C21H18N2O2/c1-12-11-15-18(17-14-9-5-6-10-16(14)22-19(12)17)21(25)23(20(15)24)13-7-3-2-4-8-13/h2-10,12,15,18,22H,11H2,1H3/t12-,15+,18+/m0/s1. The first kappa shape index (κ1) is 14.5. The Labute approximate surface area is 145 Å². The van der Waals surface area contributed by atoms with Crippen molar-refractivity contribution in [3.05, 3.63) is 65.9 Å². The molecule has 1 aromatic heterocycles. The highest BCUT2D eigenvalue weighted by atomic mass is 16.2. The van der Waals surface area contributed by atoms with Gasteiger partial charge in [-0.05, 0) is 36.1 Å². The van der Waals surface area contributed by atoms with E-state index in [4.69, 9.17) is 0 Å². The number of amides is 2. The molecule has 2 aliphatic rings. The summed E-state index contributed by atoms with van der Waals surface area (Å²) < 4.78 is 0. The molecular formula is C21H18N2O2. The number of imide groups is 1. The van der Waals surface area contributed by atoms with E-state index in [-0.39, 0.29) is 29.6 Å². The van der Waals surface area contributed by atoms with Gasteiger partial charge in [0.1, 0.15) is 0 Å². The first-order valence-corrected chi connectivity index (χ1v) is 8.70. The number of fused-ring (bicyclic) bond motifs is 5. The Morgan fingerprint density at radius 2 is 1.68 bits per heavy atom. The summed E-state index contributed by atoms with van der Waals surface area (Å²) in [4.78, 5) is 31.2. The van der Waals surface area contributed by atoms with Crippen molar-refractivity contribution in [1.82, 2.24) is 4.98 Å². The number of anilines is 1. The molecule has 5 rings (SSSR count). The van der Waals surface area contributed by atoms with Gasteiger partial charge >= 0.3 is 0 Å². The van der Waals surface area contributed by atoms with Crippen LogP contribution in [0.15, 0.2) is 54.6 Å². The van der Waals surface area contributed by atoms with Crippen LogP contribution in [-0.4, -0.2) is 16.8 Å². The molecule has 0 spiro atoms. The average molecular weight is 330 g/mol. The number of H-pyrrole nitrogens is 1. The van der Waals surface area contributed by atoms with Crippen molar-refractivity contribution in [1.29, 1.82) is 0 Å². The third-order valence-electron chi connectivity index (χ3n) is 5.63. The van der Waals surface area contributed by atoms with Gasteiger partial charge in [0.25, 0.3) is 0 Å². The Morgan fingerprint density at radius 3 is 2.48 bits per heavy atom. The number of aromatic amines is 1. The number of carbonyl (C=O) groups is 2. The number of hydrogen-bond donors (Lipinski definition) is 1. The lowest BCUT2D eigenvalue weighted by Gasteiger charge is -2.27. The number of para-hydroxylation sites is 2. The number of carbonyl (C=O) groups excluding carboxylic acids is 2. The topological polar surface area (TPSA) is 53.2 Å². The SMILES string of the molecule is C[C@H]1C[C@H]2C(=O)N(c3ccccc3)C(=O)[C@H]2c2c1[nH]c1ccccc21. The number of nitrogens with zero attached hydrogens (tertiary/aromatic N) is 1. The number of aromatic nitrogens is 1. The molecule has 1 fully saturated rings. The summed E-state index contributed by atoms with van der Waals surface area (Å²) in [6.07, 6.45) is 0.707. The van der Waals surface area contributed by atoms with Crippen molar-refractivity contribution in [2.45, 2.75) is 25.2 Å². The fourth-order valence-electron chi connectivity index (χ4n) is 4.53. The van der Waals surface area contributed by atoms with E-state index >= 15 is 0 Å². The summed E-state index contributed by atoms with van der Waals surface area (Å²) in [5.41, 5.74) is 3.84. The van der Waals surface area contributed by atoms with Gasteiger partial charge in [0.05, 0.1) is 17.5 Å². The van der Waals surface area contributed by atoms with Crippen molar-refractivity contribution in [3.63, 3.8) is 0 Å². The molecule has 0 saturated carbocycles. The Bertz CT molecular complexity index is 1010. The van der Waals surface area contributed by atoms with E-state index in [2.05, 4.69) is 11.9 Å². The molecule has 4 heteroatoms. The number of benzene rings is 2. The summed E-state index contributed by atoms with van der Waals surface area (Å²) >= 11 is 0. The van der Waals surface area contributed by atoms with Gasteiger partial charge in [-0.2, -0.15) is 0 Å². The zero-order valence-corrected chi connectivity index (χ0v) is 13.9. The van der Waals surface area contributed by atoms with Crippen LogP contribution in [0.25, 0.3) is 10.9 Å². The maximum atomic E-state index is 13.3. The van der Waals surface area contributed by atoms with Crippen LogP contribution in [0.4, 0.5) is 5.69 Å².